The van der Waals surface area contributed by atoms with Crippen LogP contribution in [-0.2, 0) is 6.42 Å². The molecule has 0 spiro atoms. The van der Waals surface area contributed by atoms with E-state index in [4.69, 9.17) is 0 Å². The number of nitrogens with zero attached hydrogens (tertiary/aromatic N) is 1. The molecule has 0 amide bonds. The fourth-order valence-electron chi connectivity index (χ4n) is 1.57. The highest BCUT2D eigenvalue weighted by Crippen LogP contribution is 2.19. The average Bonchev–Trinajstić information content (AvgIpc) is 2.57. The van der Waals surface area contributed by atoms with Gasteiger partial charge in [-0.2, -0.15) is 0 Å². The maximum absolute atomic E-state index is 12.9. The van der Waals surface area contributed by atoms with Crippen molar-refractivity contribution in [1.82, 2.24) is 4.98 Å². The second kappa shape index (κ2) is 3.68. The fourth-order valence-corrected chi connectivity index (χ4v) is 1.57. The number of rotatable bonds is 3. The molecule has 78 valence electrons. The maximum atomic E-state index is 12.9. The molecule has 0 bridgehead atoms. The van der Waals surface area contributed by atoms with Crippen LogP contribution in [0.5, 0.6) is 0 Å². The van der Waals surface area contributed by atoms with Gasteiger partial charge in [-0.25, -0.2) is 4.39 Å². The second-order valence-electron chi connectivity index (χ2n) is 3.31. The predicted molar refractivity (Wildman–Crippen MR) is 53.8 cm³/mol. The third kappa shape index (κ3) is 1.96. The van der Waals surface area contributed by atoms with Crippen molar-refractivity contribution in [2.45, 2.75) is 6.42 Å². The summed E-state index contributed by atoms with van der Waals surface area (Å²) in [6.45, 7) is -0.135. The van der Waals surface area contributed by atoms with Crippen molar-refractivity contribution in [2.75, 3.05) is 6.54 Å². The van der Waals surface area contributed by atoms with Crippen LogP contribution < -0.4 is 0 Å². The number of aromatic amines is 1. The number of nitro groups is 1. The molecule has 0 aliphatic heterocycles. The summed E-state index contributed by atoms with van der Waals surface area (Å²) < 4.78 is 12.9. The van der Waals surface area contributed by atoms with Crippen molar-refractivity contribution in [3.63, 3.8) is 0 Å². The number of fused-ring (bicyclic) bond motifs is 1. The first kappa shape index (κ1) is 9.64. The molecule has 1 N–H and O–H groups in total. The highest BCUT2D eigenvalue weighted by molar-refractivity contribution is 5.83. The van der Waals surface area contributed by atoms with Gasteiger partial charge in [-0.1, -0.05) is 0 Å². The van der Waals surface area contributed by atoms with Gasteiger partial charge >= 0.3 is 0 Å². The molecule has 0 saturated heterocycles. The molecule has 4 nitrogen and oxygen atoms in total. The minimum Gasteiger partial charge on any atom is -0.361 e. The Morgan fingerprint density at radius 2 is 2.27 bits per heavy atom. The third-order valence-electron chi connectivity index (χ3n) is 2.29. The number of H-pyrrole nitrogens is 1. The lowest BCUT2D eigenvalue weighted by atomic mass is 10.1. The molecular formula is C10H9FN2O2. The van der Waals surface area contributed by atoms with Crippen molar-refractivity contribution >= 4 is 10.9 Å². The number of halogens is 1. The predicted octanol–water partition coefficient (Wildman–Crippen LogP) is 2.13. The fraction of sp³-hybridized carbons (Fsp3) is 0.200. The molecule has 5 heteroatoms. The molecule has 2 rings (SSSR count). The van der Waals surface area contributed by atoms with Crippen LogP contribution in [0.25, 0.3) is 10.9 Å². The van der Waals surface area contributed by atoms with E-state index in [1.54, 1.807) is 12.3 Å². The van der Waals surface area contributed by atoms with Crippen molar-refractivity contribution in [1.29, 1.82) is 0 Å². The maximum Gasteiger partial charge on any atom is 0.207 e. The minimum atomic E-state index is -0.377. The molecule has 1 heterocycles. The van der Waals surface area contributed by atoms with E-state index in [1.165, 1.54) is 12.1 Å². The van der Waals surface area contributed by atoms with Crippen LogP contribution in [0.1, 0.15) is 5.56 Å². The molecule has 2 aromatic rings. The lowest BCUT2D eigenvalue weighted by Crippen LogP contribution is -2.03. The van der Waals surface area contributed by atoms with Gasteiger partial charge in [-0.15, -0.1) is 0 Å². The first-order valence-electron chi connectivity index (χ1n) is 4.54. The average molecular weight is 208 g/mol. The van der Waals surface area contributed by atoms with Crippen LogP contribution >= 0.6 is 0 Å². The largest absolute Gasteiger partial charge is 0.361 e. The number of benzene rings is 1. The summed E-state index contributed by atoms with van der Waals surface area (Å²) >= 11 is 0. The summed E-state index contributed by atoms with van der Waals surface area (Å²) in [5.74, 6) is -0.329. The smallest absolute Gasteiger partial charge is 0.207 e. The first-order valence-corrected chi connectivity index (χ1v) is 4.54. The third-order valence-corrected chi connectivity index (χ3v) is 2.29. The van der Waals surface area contributed by atoms with E-state index in [1.807, 2.05) is 0 Å². The molecule has 0 atom stereocenters. The molecule has 1 aromatic carbocycles. The van der Waals surface area contributed by atoms with Gasteiger partial charge in [0.1, 0.15) is 5.82 Å². The number of aromatic nitrogens is 1. The summed E-state index contributed by atoms with van der Waals surface area (Å²) in [6, 6.07) is 4.37. The molecule has 15 heavy (non-hydrogen) atoms. The Hall–Kier alpha value is -1.91. The normalized spacial score (nSPS) is 10.7. The minimum absolute atomic E-state index is 0.135. The summed E-state index contributed by atoms with van der Waals surface area (Å²) in [7, 11) is 0. The van der Waals surface area contributed by atoms with Gasteiger partial charge in [0.2, 0.25) is 6.54 Å². The molecule has 0 unspecified atom stereocenters. The highest BCUT2D eigenvalue weighted by atomic mass is 19.1. The van der Waals surface area contributed by atoms with Crippen LogP contribution in [0.4, 0.5) is 4.39 Å². The van der Waals surface area contributed by atoms with Crippen molar-refractivity contribution in [2.24, 2.45) is 0 Å². The van der Waals surface area contributed by atoms with Gasteiger partial charge in [0.05, 0.1) is 0 Å². The van der Waals surface area contributed by atoms with E-state index in [0.29, 0.717) is 6.42 Å². The van der Waals surface area contributed by atoms with Gasteiger partial charge < -0.3 is 4.98 Å². The molecule has 1 aromatic heterocycles. The Morgan fingerprint density at radius 1 is 1.47 bits per heavy atom. The van der Waals surface area contributed by atoms with E-state index >= 15 is 0 Å². The first-order chi connectivity index (χ1) is 7.16. The second-order valence-corrected chi connectivity index (χ2v) is 3.31. The summed E-state index contributed by atoms with van der Waals surface area (Å²) in [6.07, 6.45) is 2.00. The van der Waals surface area contributed by atoms with E-state index < -0.39 is 0 Å². The van der Waals surface area contributed by atoms with Gasteiger partial charge in [-0.3, -0.25) is 10.1 Å². The molecule has 0 radical (unpaired) electrons. The van der Waals surface area contributed by atoms with Crippen LogP contribution in [0, 0.1) is 15.9 Å². The van der Waals surface area contributed by atoms with Gasteiger partial charge in [-0.05, 0) is 23.8 Å². The number of hydrogen-bond acceptors (Lipinski definition) is 2. The number of hydrogen-bond donors (Lipinski definition) is 1. The number of nitrogens with one attached hydrogen (secondary N) is 1. The van der Waals surface area contributed by atoms with Gasteiger partial charge in [0.15, 0.2) is 0 Å². The lowest BCUT2D eigenvalue weighted by Gasteiger charge is -1.95. The molecular weight excluding hydrogens is 199 g/mol. The zero-order valence-corrected chi connectivity index (χ0v) is 7.87. The molecule has 0 aliphatic carbocycles. The Bertz CT molecular complexity index is 507. The van der Waals surface area contributed by atoms with Gasteiger partial charge in [0, 0.05) is 28.4 Å². The van der Waals surface area contributed by atoms with Gasteiger partial charge in [0.25, 0.3) is 0 Å². The Morgan fingerprint density at radius 3 is 3.00 bits per heavy atom. The zero-order chi connectivity index (χ0) is 10.8. The van der Waals surface area contributed by atoms with Crippen molar-refractivity contribution in [3.8, 4) is 0 Å². The standard InChI is InChI=1S/C10H9FN2O2/c11-8-1-2-10-9(5-8)7(6-12-10)3-4-13(14)15/h1-2,5-6,12H,3-4H2. The topological polar surface area (TPSA) is 58.9 Å². The summed E-state index contributed by atoms with van der Waals surface area (Å²) in [4.78, 5) is 12.8. The van der Waals surface area contributed by atoms with Crippen LogP contribution in [0.2, 0.25) is 0 Å². The molecule has 0 saturated carbocycles. The monoisotopic (exact) mass is 208 g/mol. The van der Waals surface area contributed by atoms with Crippen LogP contribution in [-0.4, -0.2) is 16.5 Å². The summed E-state index contributed by atoms with van der Waals surface area (Å²) in [5.41, 5.74) is 1.58. The van der Waals surface area contributed by atoms with Crippen molar-refractivity contribution < 1.29 is 9.31 Å². The lowest BCUT2D eigenvalue weighted by molar-refractivity contribution is -0.479. The van der Waals surface area contributed by atoms with Crippen molar-refractivity contribution in [3.05, 3.63) is 45.9 Å². The van der Waals surface area contributed by atoms with Crippen LogP contribution in [0.15, 0.2) is 24.4 Å². The quantitative estimate of drug-likeness (QED) is 0.620. The van der Waals surface area contributed by atoms with E-state index in [9.17, 15) is 14.5 Å². The molecule has 0 fully saturated rings. The summed E-state index contributed by atoms with van der Waals surface area (Å²) in [5, 5.41) is 10.9. The van der Waals surface area contributed by atoms with Crippen LogP contribution in [0.3, 0.4) is 0 Å². The Labute approximate surface area is 84.9 Å². The van der Waals surface area contributed by atoms with E-state index in [2.05, 4.69) is 4.98 Å². The highest BCUT2D eigenvalue weighted by Gasteiger charge is 2.07. The Kier molecular flexibility index (Phi) is 2.37. The zero-order valence-electron chi connectivity index (χ0n) is 7.87. The van der Waals surface area contributed by atoms with E-state index in [-0.39, 0.29) is 17.3 Å². The Balaban J connectivity index is 2.35. The molecule has 0 aliphatic rings. The SMILES string of the molecule is O=[N+]([O-])CCc1c[nH]c2ccc(F)cc12. The van der Waals surface area contributed by atoms with E-state index in [0.717, 1.165) is 16.5 Å².